The Morgan fingerprint density at radius 2 is 2.18 bits per heavy atom. The largest absolute Gasteiger partial charge is 0.454 e. The lowest BCUT2D eigenvalue weighted by atomic mass is 9.76. The van der Waals surface area contributed by atoms with Crippen molar-refractivity contribution in [2.24, 2.45) is 11.3 Å². The maximum Gasteiger partial charge on any atom is 0.303 e. The molecule has 0 aliphatic heterocycles. The third-order valence-electron chi connectivity index (χ3n) is 3.64. The Kier molecular flexibility index (Phi) is 4.80. The second kappa shape index (κ2) is 5.71. The standard InChI is InChI=1S/C13H20O3S/c1-9-5-6-11(13(9,3)4)7-12(15)17-8-16-10(2)14/h5,11H,6-8H2,1-4H3/t11-/m0/s1. The molecule has 0 spiro atoms. The van der Waals surface area contributed by atoms with Gasteiger partial charge in [0.05, 0.1) is 0 Å². The van der Waals surface area contributed by atoms with Crippen molar-refractivity contribution in [1.29, 1.82) is 0 Å². The molecule has 17 heavy (non-hydrogen) atoms. The molecule has 1 atom stereocenters. The molecule has 0 radical (unpaired) electrons. The van der Waals surface area contributed by atoms with E-state index in [1.54, 1.807) is 0 Å². The second-order valence-corrected chi connectivity index (χ2v) is 6.00. The molecular formula is C13H20O3S. The summed E-state index contributed by atoms with van der Waals surface area (Å²) in [6.07, 6.45) is 3.74. The summed E-state index contributed by atoms with van der Waals surface area (Å²) in [5.41, 5.74) is 1.47. The number of carbonyl (C=O) groups is 2. The minimum absolute atomic E-state index is 0.104. The van der Waals surface area contributed by atoms with Crippen LogP contribution in [0.15, 0.2) is 11.6 Å². The van der Waals surface area contributed by atoms with Crippen LogP contribution in [0.1, 0.15) is 40.5 Å². The van der Waals surface area contributed by atoms with Crippen LogP contribution in [0.25, 0.3) is 0 Å². The van der Waals surface area contributed by atoms with Gasteiger partial charge in [0.1, 0.15) is 5.94 Å². The molecule has 1 rings (SSSR count). The van der Waals surface area contributed by atoms with E-state index in [2.05, 4.69) is 26.8 Å². The monoisotopic (exact) mass is 256 g/mol. The number of carbonyl (C=O) groups excluding carboxylic acids is 2. The molecule has 0 aromatic heterocycles. The molecule has 1 aliphatic rings. The average Bonchev–Trinajstić information content (AvgIpc) is 2.44. The highest BCUT2D eigenvalue weighted by molar-refractivity contribution is 8.13. The predicted octanol–water partition coefficient (Wildman–Crippen LogP) is 3.15. The number of hydrogen-bond acceptors (Lipinski definition) is 4. The van der Waals surface area contributed by atoms with E-state index in [1.807, 2.05) is 0 Å². The smallest absolute Gasteiger partial charge is 0.303 e. The molecule has 0 saturated heterocycles. The Morgan fingerprint density at radius 1 is 1.53 bits per heavy atom. The summed E-state index contributed by atoms with van der Waals surface area (Å²) in [5, 5.41) is 0.104. The Labute approximate surface area is 107 Å². The normalized spacial score (nSPS) is 22.1. The van der Waals surface area contributed by atoms with Gasteiger partial charge >= 0.3 is 5.97 Å². The van der Waals surface area contributed by atoms with Crippen molar-refractivity contribution in [2.75, 3.05) is 5.94 Å². The van der Waals surface area contributed by atoms with E-state index in [0.717, 1.165) is 18.2 Å². The van der Waals surface area contributed by atoms with Crippen LogP contribution in [-0.2, 0) is 14.3 Å². The van der Waals surface area contributed by atoms with E-state index in [0.29, 0.717) is 12.3 Å². The first kappa shape index (κ1) is 14.3. The van der Waals surface area contributed by atoms with Crippen molar-refractivity contribution < 1.29 is 14.3 Å². The van der Waals surface area contributed by atoms with Crippen LogP contribution >= 0.6 is 11.8 Å². The van der Waals surface area contributed by atoms with E-state index < -0.39 is 0 Å². The molecule has 0 aromatic carbocycles. The summed E-state index contributed by atoms with van der Waals surface area (Å²) < 4.78 is 4.74. The number of esters is 1. The number of thioether (sulfide) groups is 1. The van der Waals surface area contributed by atoms with Crippen LogP contribution in [0, 0.1) is 11.3 Å². The maximum atomic E-state index is 11.7. The van der Waals surface area contributed by atoms with Gasteiger partial charge in [-0.15, -0.1) is 0 Å². The van der Waals surface area contributed by atoms with Gasteiger partial charge < -0.3 is 4.74 Å². The topological polar surface area (TPSA) is 43.4 Å². The van der Waals surface area contributed by atoms with Crippen LogP contribution in [0.4, 0.5) is 0 Å². The molecule has 0 amide bonds. The Hall–Kier alpha value is -0.770. The third-order valence-corrected chi connectivity index (χ3v) is 4.37. The molecule has 0 fully saturated rings. The number of hydrogen-bond donors (Lipinski definition) is 0. The first-order valence-electron chi connectivity index (χ1n) is 5.80. The predicted molar refractivity (Wildman–Crippen MR) is 69.5 cm³/mol. The van der Waals surface area contributed by atoms with Gasteiger partial charge in [0.25, 0.3) is 0 Å². The van der Waals surface area contributed by atoms with Crippen molar-refractivity contribution >= 4 is 22.8 Å². The highest BCUT2D eigenvalue weighted by Gasteiger charge is 2.35. The van der Waals surface area contributed by atoms with Gasteiger partial charge in [-0.1, -0.05) is 25.5 Å². The lowest BCUT2D eigenvalue weighted by Gasteiger charge is -2.29. The van der Waals surface area contributed by atoms with E-state index in [9.17, 15) is 9.59 Å². The molecule has 96 valence electrons. The zero-order valence-corrected chi connectivity index (χ0v) is 11.7. The first-order valence-corrected chi connectivity index (χ1v) is 6.79. The lowest BCUT2D eigenvalue weighted by Crippen LogP contribution is -2.22. The molecule has 3 nitrogen and oxygen atoms in total. The highest BCUT2D eigenvalue weighted by Crippen LogP contribution is 2.45. The maximum absolute atomic E-state index is 11.7. The van der Waals surface area contributed by atoms with Crippen LogP contribution in [-0.4, -0.2) is 17.0 Å². The van der Waals surface area contributed by atoms with Crippen molar-refractivity contribution in [3.63, 3.8) is 0 Å². The summed E-state index contributed by atoms with van der Waals surface area (Å²) in [6, 6.07) is 0. The van der Waals surface area contributed by atoms with Crippen molar-refractivity contribution in [1.82, 2.24) is 0 Å². The molecule has 1 aliphatic carbocycles. The number of ether oxygens (including phenoxy) is 1. The van der Waals surface area contributed by atoms with Crippen molar-refractivity contribution in [3.8, 4) is 0 Å². The molecule has 0 N–H and O–H groups in total. The van der Waals surface area contributed by atoms with E-state index in [1.165, 1.54) is 12.5 Å². The van der Waals surface area contributed by atoms with Crippen molar-refractivity contribution in [3.05, 3.63) is 11.6 Å². The Morgan fingerprint density at radius 3 is 2.65 bits per heavy atom. The number of allylic oxidation sites excluding steroid dienone is 2. The van der Waals surface area contributed by atoms with Crippen LogP contribution in [0.3, 0.4) is 0 Å². The zero-order chi connectivity index (χ0) is 13.1. The fourth-order valence-corrected chi connectivity index (χ4v) is 2.65. The molecule has 0 unspecified atom stereocenters. The Balaban J connectivity index is 2.36. The van der Waals surface area contributed by atoms with Gasteiger partial charge in [0.2, 0.25) is 0 Å². The van der Waals surface area contributed by atoms with Gasteiger partial charge in [0.15, 0.2) is 5.12 Å². The molecule has 0 heterocycles. The molecule has 0 bridgehead atoms. The zero-order valence-electron chi connectivity index (χ0n) is 10.9. The quantitative estimate of drug-likeness (QED) is 0.440. The van der Waals surface area contributed by atoms with Crippen LogP contribution in [0.5, 0.6) is 0 Å². The fourth-order valence-electron chi connectivity index (χ4n) is 1.98. The summed E-state index contributed by atoms with van der Waals surface area (Å²) in [4.78, 5) is 22.3. The third kappa shape index (κ3) is 3.87. The van der Waals surface area contributed by atoms with Crippen molar-refractivity contribution in [2.45, 2.75) is 40.5 Å². The highest BCUT2D eigenvalue weighted by atomic mass is 32.2. The fraction of sp³-hybridized carbons (Fsp3) is 0.692. The van der Waals surface area contributed by atoms with Gasteiger partial charge in [0, 0.05) is 13.3 Å². The summed E-state index contributed by atoms with van der Waals surface area (Å²) in [5.74, 6) is 0.164. The molecular weight excluding hydrogens is 236 g/mol. The van der Waals surface area contributed by atoms with Gasteiger partial charge in [-0.05, 0) is 36.4 Å². The minimum atomic E-state index is -0.344. The van der Waals surface area contributed by atoms with Gasteiger partial charge in [-0.3, -0.25) is 9.59 Å². The first-order chi connectivity index (χ1) is 7.84. The molecule has 0 aromatic rings. The van der Waals surface area contributed by atoms with Gasteiger partial charge in [-0.25, -0.2) is 0 Å². The average molecular weight is 256 g/mol. The van der Waals surface area contributed by atoms with E-state index in [-0.39, 0.29) is 22.4 Å². The van der Waals surface area contributed by atoms with E-state index in [4.69, 9.17) is 4.74 Å². The Bertz CT molecular complexity index is 345. The molecule has 4 heteroatoms. The van der Waals surface area contributed by atoms with Gasteiger partial charge in [-0.2, -0.15) is 0 Å². The molecule has 0 saturated carbocycles. The van der Waals surface area contributed by atoms with E-state index >= 15 is 0 Å². The SMILES string of the molecule is CC(=O)OCSC(=O)C[C@@H]1CC=C(C)C1(C)C. The van der Waals surface area contributed by atoms with Crippen LogP contribution in [0.2, 0.25) is 0 Å². The lowest BCUT2D eigenvalue weighted by molar-refractivity contribution is -0.138. The minimum Gasteiger partial charge on any atom is -0.454 e. The second-order valence-electron chi connectivity index (χ2n) is 5.02. The summed E-state index contributed by atoms with van der Waals surface area (Å²) in [6.45, 7) is 7.83. The summed E-state index contributed by atoms with van der Waals surface area (Å²) in [7, 11) is 0. The number of rotatable bonds is 4. The summed E-state index contributed by atoms with van der Waals surface area (Å²) >= 11 is 1.09. The van der Waals surface area contributed by atoms with Crippen LogP contribution < -0.4 is 0 Å².